The van der Waals surface area contributed by atoms with E-state index >= 15 is 0 Å². The number of anilines is 1. The second-order valence-electron chi connectivity index (χ2n) is 7.58. The molecule has 4 heteroatoms. The summed E-state index contributed by atoms with van der Waals surface area (Å²) in [6.45, 7) is 2.23. The summed E-state index contributed by atoms with van der Waals surface area (Å²) in [6, 6.07) is 19.8. The molecule has 0 radical (unpaired) electrons. The first-order valence-corrected chi connectivity index (χ1v) is 9.93. The van der Waals surface area contributed by atoms with E-state index in [-0.39, 0.29) is 23.7 Å². The highest BCUT2D eigenvalue weighted by Gasteiger charge is 2.51. The standard InChI is InChI=1S/C23H26N2O2/c26-22(24-14-8-3-9-15-24)20-16-21(20)23(27)25(19-12-6-2-7-13-19)17-18-10-4-1-5-11-18/h1-2,4-7,10-13,20-21H,3,8-9,14-17H2. The van der Waals surface area contributed by atoms with Crippen molar-refractivity contribution in [3.8, 4) is 0 Å². The Bertz CT molecular complexity index is 785. The number of para-hydroxylation sites is 1. The van der Waals surface area contributed by atoms with Gasteiger partial charge < -0.3 is 9.80 Å². The van der Waals surface area contributed by atoms with E-state index in [1.807, 2.05) is 70.5 Å². The van der Waals surface area contributed by atoms with Crippen LogP contribution in [0.25, 0.3) is 0 Å². The molecule has 140 valence electrons. The number of amides is 2. The van der Waals surface area contributed by atoms with Gasteiger partial charge in [-0.05, 0) is 43.4 Å². The molecule has 2 amide bonds. The van der Waals surface area contributed by atoms with Crippen LogP contribution in [0.2, 0.25) is 0 Å². The normalized spacial score (nSPS) is 21.6. The zero-order valence-electron chi connectivity index (χ0n) is 15.6. The van der Waals surface area contributed by atoms with Gasteiger partial charge in [0.15, 0.2) is 0 Å². The number of rotatable bonds is 5. The Balaban J connectivity index is 1.49. The molecule has 1 heterocycles. The van der Waals surface area contributed by atoms with Crippen LogP contribution in [0.1, 0.15) is 31.2 Å². The Morgan fingerprint density at radius 1 is 0.852 bits per heavy atom. The smallest absolute Gasteiger partial charge is 0.231 e. The van der Waals surface area contributed by atoms with E-state index in [1.165, 1.54) is 6.42 Å². The molecular formula is C23H26N2O2. The highest BCUT2D eigenvalue weighted by Crippen LogP contribution is 2.42. The average molecular weight is 362 g/mol. The lowest BCUT2D eigenvalue weighted by atomic mass is 10.1. The third-order valence-corrected chi connectivity index (χ3v) is 5.61. The Morgan fingerprint density at radius 3 is 2.15 bits per heavy atom. The quantitative estimate of drug-likeness (QED) is 0.810. The van der Waals surface area contributed by atoms with Crippen molar-refractivity contribution in [2.75, 3.05) is 18.0 Å². The zero-order valence-corrected chi connectivity index (χ0v) is 15.6. The van der Waals surface area contributed by atoms with Crippen molar-refractivity contribution in [2.45, 2.75) is 32.2 Å². The summed E-state index contributed by atoms with van der Waals surface area (Å²) < 4.78 is 0. The van der Waals surface area contributed by atoms with Crippen LogP contribution in [-0.4, -0.2) is 29.8 Å². The molecule has 0 spiro atoms. The van der Waals surface area contributed by atoms with Gasteiger partial charge in [-0.15, -0.1) is 0 Å². The lowest BCUT2D eigenvalue weighted by molar-refractivity contribution is -0.135. The maximum atomic E-state index is 13.3. The molecule has 1 aliphatic heterocycles. The number of carbonyl (C=O) groups excluding carboxylic acids is 2. The minimum atomic E-state index is -0.177. The zero-order chi connectivity index (χ0) is 18.6. The Kier molecular flexibility index (Phi) is 5.23. The fraction of sp³-hybridized carbons (Fsp3) is 0.391. The Morgan fingerprint density at radius 2 is 1.48 bits per heavy atom. The molecule has 1 saturated heterocycles. The second kappa shape index (κ2) is 7.95. The molecule has 2 fully saturated rings. The van der Waals surface area contributed by atoms with Gasteiger partial charge in [-0.25, -0.2) is 0 Å². The average Bonchev–Trinajstić information content (AvgIpc) is 3.54. The second-order valence-corrected chi connectivity index (χ2v) is 7.58. The van der Waals surface area contributed by atoms with Gasteiger partial charge in [0, 0.05) is 18.8 Å². The molecule has 27 heavy (non-hydrogen) atoms. The van der Waals surface area contributed by atoms with Gasteiger partial charge in [0.05, 0.1) is 18.4 Å². The molecule has 4 nitrogen and oxygen atoms in total. The maximum absolute atomic E-state index is 13.3. The van der Waals surface area contributed by atoms with Crippen LogP contribution < -0.4 is 4.90 Å². The summed E-state index contributed by atoms with van der Waals surface area (Å²) in [7, 11) is 0. The largest absolute Gasteiger partial charge is 0.342 e. The molecular weight excluding hydrogens is 336 g/mol. The topological polar surface area (TPSA) is 40.6 Å². The van der Waals surface area contributed by atoms with Gasteiger partial charge in [-0.2, -0.15) is 0 Å². The van der Waals surface area contributed by atoms with Crippen LogP contribution in [-0.2, 0) is 16.1 Å². The lowest BCUT2D eigenvalue weighted by Crippen LogP contribution is -2.38. The van der Waals surface area contributed by atoms with Crippen molar-refractivity contribution in [1.82, 2.24) is 4.90 Å². The van der Waals surface area contributed by atoms with E-state index in [2.05, 4.69) is 0 Å². The van der Waals surface area contributed by atoms with Gasteiger partial charge in [-0.1, -0.05) is 48.5 Å². The van der Waals surface area contributed by atoms with Crippen LogP contribution in [0.3, 0.4) is 0 Å². The summed E-state index contributed by atoms with van der Waals surface area (Å²) in [5.41, 5.74) is 1.98. The molecule has 1 saturated carbocycles. The number of hydrogen-bond acceptors (Lipinski definition) is 2. The highest BCUT2D eigenvalue weighted by atomic mass is 16.2. The first-order chi connectivity index (χ1) is 13.2. The van der Waals surface area contributed by atoms with Crippen LogP contribution in [0, 0.1) is 11.8 Å². The predicted octanol–water partition coefficient (Wildman–Crippen LogP) is 3.87. The molecule has 2 aromatic rings. The molecule has 1 aliphatic carbocycles. The van der Waals surface area contributed by atoms with E-state index in [1.54, 1.807) is 0 Å². The minimum Gasteiger partial charge on any atom is -0.342 e. The summed E-state index contributed by atoms with van der Waals surface area (Å²) in [4.78, 5) is 29.8. The number of benzene rings is 2. The fourth-order valence-corrected chi connectivity index (χ4v) is 3.96. The highest BCUT2D eigenvalue weighted by molar-refractivity contribution is 6.01. The maximum Gasteiger partial charge on any atom is 0.231 e. The monoisotopic (exact) mass is 362 g/mol. The summed E-state index contributed by atoms with van der Waals surface area (Å²) >= 11 is 0. The van der Waals surface area contributed by atoms with Gasteiger partial charge in [0.25, 0.3) is 0 Å². The van der Waals surface area contributed by atoms with Crippen LogP contribution >= 0.6 is 0 Å². The van der Waals surface area contributed by atoms with Crippen LogP contribution in [0.4, 0.5) is 5.69 Å². The molecule has 0 bridgehead atoms. The minimum absolute atomic E-state index is 0.0698. The third-order valence-electron chi connectivity index (χ3n) is 5.61. The third kappa shape index (κ3) is 4.05. The lowest BCUT2D eigenvalue weighted by Gasteiger charge is -2.27. The molecule has 2 aromatic carbocycles. The van der Waals surface area contributed by atoms with Crippen molar-refractivity contribution in [3.63, 3.8) is 0 Å². The van der Waals surface area contributed by atoms with Crippen molar-refractivity contribution >= 4 is 17.5 Å². The first kappa shape index (κ1) is 17.8. The number of likely N-dealkylation sites (tertiary alicyclic amines) is 1. The van der Waals surface area contributed by atoms with Crippen LogP contribution in [0.5, 0.6) is 0 Å². The number of nitrogens with zero attached hydrogens (tertiary/aromatic N) is 2. The fourth-order valence-electron chi connectivity index (χ4n) is 3.96. The van der Waals surface area contributed by atoms with E-state index in [0.717, 1.165) is 37.2 Å². The van der Waals surface area contributed by atoms with E-state index < -0.39 is 0 Å². The summed E-state index contributed by atoms with van der Waals surface area (Å²) in [6.07, 6.45) is 4.06. The SMILES string of the molecule is O=C(C1CC1C(=O)N(Cc1ccccc1)c1ccccc1)N1CCCCC1. The summed E-state index contributed by atoms with van der Waals surface area (Å²) in [5, 5.41) is 0. The number of piperidine rings is 1. The van der Waals surface area contributed by atoms with Crippen LogP contribution in [0.15, 0.2) is 60.7 Å². The van der Waals surface area contributed by atoms with Gasteiger partial charge in [-0.3, -0.25) is 9.59 Å². The Hall–Kier alpha value is -2.62. The Labute approximate surface area is 160 Å². The number of hydrogen-bond donors (Lipinski definition) is 0. The molecule has 2 unspecified atom stereocenters. The summed E-state index contributed by atoms with van der Waals surface area (Å²) in [5.74, 6) is -0.0536. The van der Waals surface area contributed by atoms with Gasteiger partial charge in [0.2, 0.25) is 11.8 Å². The first-order valence-electron chi connectivity index (χ1n) is 9.93. The van der Waals surface area contributed by atoms with Crippen molar-refractivity contribution < 1.29 is 9.59 Å². The molecule has 2 atom stereocenters. The van der Waals surface area contributed by atoms with Crippen molar-refractivity contribution in [2.24, 2.45) is 11.8 Å². The van der Waals surface area contributed by atoms with Crippen molar-refractivity contribution in [1.29, 1.82) is 0 Å². The van der Waals surface area contributed by atoms with E-state index in [0.29, 0.717) is 13.0 Å². The molecule has 2 aliphatic rings. The van der Waals surface area contributed by atoms with Crippen molar-refractivity contribution in [3.05, 3.63) is 66.2 Å². The van der Waals surface area contributed by atoms with Gasteiger partial charge in [0.1, 0.15) is 0 Å². The van der Waals surface area contributed by atoms with E-state index in [9.17, 15) is 9.59 Å². The molecule has 0 aromatic heterocycles. The predicted molar refractivity (Wildman–Crippen MR) is 106 cm³/mol. The number of carbonyl (C=O) groups is 2. The molecule has 4 rings (SSSR count). The van der Waals surface area contributed by atoms with E-state index in [4.69, 9.17) is 0 Å². The molecule has 0 N–H and O–H groups in total. The van der Waals surface area contributed by atoms with Gasteiger partial charge >= 0.3 is 0 Å².